The van der Waals surface area contributed by atoms with E-state index in [1.807, 2.05) is 0 Å². The molecule has 0 atom stereocenters. The number of ether oxygens (including phenoxy) is 16. The van der Waals surface area contributed by atoms with E-state index in [-0.39, 0.29) is 19.5 Å². The molecule has 762 valence electrons. The predicted molar refractivity (Wildman–Crippen MR) is 339 cm³/mol. The third kappa shape index (κ3) is 31.2. The fraction of sp³-hybridized carbons (Fsp3) is 0.500. The van der Waals surface area contributed by atoms with Crippen LogP contribution in [0.1, 0.15) is 0 Å². The maximum atomic E-state index is 14.9. The normalized spacial score (nSPS) is 13.7. The minimum atomic E-state index is -6.34. The molecule has 2 aliphatic rings. The number of fused-ring (bicyclic) bond motifs is 20. The fourth-order valence-corrected chi connectivity index (χ4v) is 10.9. The van der Waals surface area contributed by atoms with Crippen LogP contribution in [-0.2, 0) is 19.5 Å². The molecule has 0 aliphatic carbocycles. The molecule has 73 heteroatoms. The van der Waals surface area contributed by atoms with Crippen molar-refractivity contribution >= 4 is 44.1 Å². The fourth-order valence-electron chi connectivity index (χ4n) is 10.9. The Labute approximate surface area is 730 Å². The number of rotatable bonds is 32. The van der Waals surface area contributed by atoms with Gasteiger partial charge in [0.1, 0.15) is 0 Å². The number of hydrogen-bond acceptors (Lipinski definition) is 22. The van der Waals surface area contributed by atoms with Gasteiger partial charge in [-0.1, -0.05) is 0 Å². The Kier molecular flexibility index (Phi) is 31.4. The third-order valence-corrected chi connectivity index (χ3v) is 14.9. The van der Waals surface area contributed by atoms with Crippen LogP contribution in [0.25, 0.3) is 89.7 Å². The zero-order valence-electron chi connectivity index (χ0n) is 64.3. The van der Waals surface area contributed by atoms with Crippen molar-refractivity contribution in [1.82, 2.24) is 39.9 Å². The standard InChI is InChI=1S/C64H32F48N8O16.Zn/c65-49(66,67)1-121-25-17-18(26(122-2-50(68,69)70)34(130-10-58(92,93)94)33(25)129-9-57(89,90)91)42-113-41(17)117-43-19-20(28(124-4-52(74,75)76)36(132-12-60(98,99)100)35(131-11-59(95,96)97)27(19)123-3-51(71,72)73)45(114-43)119-47-23-24(32(128-8-56(86,87)88)40(136-16-64(110,111)112)39(135-15-63(107,108)109)31(23)127-7-55(83,84)85)48(116-47)120-46-22-21(44(115-46)118-42)29(125-5-53(77,78)79)37(133-13-61(101,102)103)38(134-14-62(104,105)106)30(22)126-6-54(80,81)82;/h1-16H2;/q-2;+2. The van der Waals surface area contributed by atoms with E-state index in [9.17, 15) is 211 Å². The van der Waals surface area contributed by atoms with E-state index < -0.39 is 386 Å². The summed E-state index contributed by atoms with van der Waals surface area (Å²) in [6.45, 7) is -54.7. The van der Waals surface area contributed by atoms with Crippen LogP contribution in [0.4, 0.5) is 211 Å². The van der Waals surface area contributed by atoms with Crippen LogP contribution in [-0.4, -0.2) is 234 Å². The first-order chi connectivity index (χ1) is 61.4. The maximum Gasteiger partial charge on any atom is 2.00 e. The van der Waals surface area contributed by atoms with Gasteiger partial charge in [0.05, 0.1) is 45.6 Å². The molecule has 2 aliphatic heterocycles. The second-order valence-corrected chi connectivity index (χ2v) is 26.2. The number of benzene rings is 4. The molecule has 0 N–H and O–H groups in total. The first-order valence-electron chi connectivity index (χ1n) is 34.2. The zero-order chi connectivity index (χ0) is 103. The molecule has 4 aromatic carbocycles. The molecule has 0 fully saturated rings. The van der Waals surface area contributed by atoms with E-state index in [0.717, 1.165) is 0 Å². The molecular weight excluding hydrogens is 2110 g/mol. The van der Waals surface area contributed by atoms with Gasteiger partial charge in [-0.05, 0) is 0 Å². The van der Waals surface area contributed by atoms with E-state index in [1.54, 1.807) is 0 Å². The van der Waals surface area contributed by atoms with E-state index in [1.165, 1.54) is 0 Å². The SMILES string of the molecule is FC(F)(F)COc1c(OCC(F)(F)F)c(OCC(F)(F)F)c2c(c1OCC(F)(F)F)-c1nc-2nc2[n-]c(nc3nc(nc4[n-]c(n1)c1c(OCC(F)(F)F)c(OCC(F)(F)F)c(OCC(F)(F)F)c(OCC(F)(F)F)c41)-c1c(OCC(F)(F)F)c(OCC(F)(F)F)c(OCC(F)(F)F)c(OCC(F)(F)F)c1-3)c1c(OCC(F)(F)F)c(OCC(F)(F)F)c(OCC(F)(F)F)c(OCC(F)(F)F)c21.[Zn+2]. The summed E-state index contributed by atoms with van der Waals surface area (Å²) in [6.07, 6.45) is -101. The van der Waals surface area contributed by atoms with Gasteiger partial charge in [-0.25, -0.2) is 9.97 Å². The van der Waals surface area contributed by atoms with E-state index >= 15 is 0 Å². The Hall–Kier alpha value is -11.7. The van der Waals surface area contributed by atoms with Gasteiger partial charge in [-0.15, -0.1) is 0 Å². The van der Waals surface area contributed by atoms with Gasteiger partial charge < -0.3 is 106 Å². The number of hydrogen-bond donors (Lipinski definition) is 0. The van der Waals surface area contributed by atoms with Crippen molar-refractivity contribution in [3.05, 3.63) is 0 Å². The molecule has 0 spiro atoms. The Morgan fingerprint density at radius 2 is 0.234 bits per heavy atom. The van der Waals surface area contributed by atoms with E-state index in [4.69, 9.17) is 0 Å². The van der Waals surface area contributed by atoms with Gasteiger partial charge in [0.2, 0.25) is 46.0 Å². The molecule has 9 rings (SSSR count). The number of nitrogens with zero attached hydrogens (tertiary/aromatic N) is 8. The van der Waals surface area contributed by atoms with E-state index in [0.29, 0.717) is 0 Å². The van der Waals surface area contributed by atoms with Crippen molar-refractivity contribution in [2.75, 3.05) is 106 Å². The van der Waals surface area contributed by atoms with E-state index in [2.05, 4.69) is 116 Å². The Bertz CT molecular complexity index is 5010. The first kappa shape index (κ1) is 111. The van der Waals surface area contributed by atoms with Crippen molar-refractivity contribution < 1.29 is 306 Å². The molecule has 7 aromatic rings. The van der Waals surface area contributed by atoms with Crippen molar-refractivity contribution in [3.63, 3.8) is 0 Å². The van der Waals surface area contributed by atoms with Gasteiger partial charge in [-0.2, -0.15) is 211 Å². The molecule has 137 heavy (non-hydrogen) atoms. The van der Waals surface area contributed by atoms with Crippen molar-refractivity contribution in [2.45, 2.75) is 98.8 Å². The quantitative estimate of drug-likeness (QED) is 0.0280. The number of halogens is 48. The van der Waals surface area contributed by atoms with Gasteiger partial charge in [0.15, 0.2) is 152 Å². The summed E-state index contributed by atoms with van der Waals surface area (Å²) >= 11 is 0. The van der Waals surface area contributed by atoms with Gasteiger partial charge in [-0.3, -0.25) is 0 Å². The van der Waals surface area contributed by atoms with Crippen LogP contribution in [0.15, 0.2) is 0 Å². The molecule has 8 bridgehead atoms. The maximum absolute atomic E-state index is 14.9. The number of aromatic nitrogens is 8. The average Bonchev–Trinajstić information content (AvgIpc) is 1.59. The van der Waals surface area contributed by atoms with Crippen LogP contribution in [0, 0.1) is 0 Å². The van der Waals surface area contributed by atoms with Crippen LogP contribution >= 0.6 is 0 Å². The smallest absolute Gasteiger partial charge is 0.479 e. The molecule has 0 unspecified atom stereocenters. The third-order valence-electron chi connectivity index (χ3n) is 14.9. The summed E-state index contributed by atoms with van der Waals surface area (Å²) in [4.78, 5) is 27.0. The van der Waals surface area contributed by atoms with Crippen LogP contribution in [0.2, 0.25) is 0 Å². The summed E-state index contributed by atoms with van der Waals surface area (Å²) in [7, 11) is 0. The second kappa shape index (κ2) is 38.9. The number of alkyl halides is 48. The Morgan fingerprint density at radius 1 is 0.139 bits per heavy atom. The van der Waals surface area contributed by atoms with Crippen molar-refractivity contribution in [3.8, 4) is 138 Å². The second-order valence-electron chi connectivity index (χ2n) is 26.2. The summed E-state index contributed by atoms with van der Waals surface area (Å²) in [5.41, 5.74) is -21.2. The van der Waals surface area contributed by atoms with Crippen molar-refractivity contribution in [1.29, 1.82) is 0 Å². The minimum Gasteiger partial charge on any atom is -0.479 e. The Morgan fingerprint density at radius 3 is 0.343 bits per heavy atom. The minimum absolute atomic E-state index is 0. The average molecular weight is 2150 g/mol. The molecule has 0 amide bonds. The summed E-state index contributed by atoms with van der Waals surface area (Å²) in [5.74, 6) is -56.4. The molecule has 0 saturated heterocycles. The van der Waals surface area contributed by atoms with Crippen LogP contribution in [0.5, 0.6) is 92.0 Å². The van der Waals surface area contributed by atoms with Crippen molar-refractivity contribution in [2.24, 2.45) is 0 Å². The predicted octanol–water partition coefficient (Wildman–Crippen LogP) is 21.2. The van der Waals surface area contributed by atoms with Crippen LogP contribution < -0.4 is 85.8 Å². The van der Waals surface area contributed by atoms with Gasteiger partial charge in [0.25, 0.3) is 0 Å². The molecule has 5 heterocycles. The Balaban J connectivity index is 0.0000230. The first-order valence-corrected chi connectivity index (χ1v) is 34.2. The summed E-state index contributed by atoms with van der Waals surface area (Å²) in [5, 5.41) is -10.4. The molecule has 0 saturated carbocycles. The molecular formula is C64H32F48N8O16Zn. The zero-order valence-corrected chi connectivity index (χ0v) is 67.2. The molecule has 0 radical (unpaired) electrons. The summed E-state index contributed by atoms with van der Waals surface area (Å²) < 4.78 is 778. The molecule has 24 nitrogen and oxygen atoms in total. The molecule has 3 aromatic heterocycles. The monoisotopic (exact) mass is 2140 g/mol. The van der Waals surface area contributed by atoms with Gasteiger partial charge >= 0.3 is 118 Å². The van der Waals surface area contributed by atoms with Crippen LogP contribution in [0.3, 0.4) is 0 Å². The largest absolute Gasteiger partial charge is 2.00 e. The summed E-state index contributed by atoms with van der Waals surface area (Å²) in [6, 6.07) is 0. The van der Waals surface area contributed by atoms with Gasteiger partial charge in [0, 0.05) is 44.1 Å². The topological polar surface area (TPSA) is 253 Å².